The smallest absolute Gasteiger partial charge is 0.308 e. The zero-order chi connectivity index (χ0) is 23.4. The van der Waals surface area contributed by atoms with Crippen LogP contribution in [0.3, 0.4) is 0 Å². The number of thiophene rings is 1. The molecule has 4 aromatic rings. The Bertz CT molecular complexity index is 1380. The van der Waals surface area contributed by atoms with Crippen molar-refractivity contribution in [3.05, 3.63) is 41.4 Å². The fraction of sp³-hybridized carbons (Fsp3) is 0.348. The lowest BCUT2D eigenvalue weighted by molar-refractivity contribution is -0.148. The maximum Gasteiger partial charge on any atom is 0.308 e. The van der Waals surface area contributed by atoms with Crippen molar-refractivity contribution in [2.24, 2.45) is 17.8 Å². The molecule has 174 valence electrons. The van der Waals surface area contributed by atoms with Gasteiger partial charge in [0, 0.05) is 6.04 Å². The molecule has 2 atom stereocenters. The second-order valence-electron chi connectivity index (χ2n) is 8.87. The van der Waals surface area contributed by atoms with Crippen molar-refractivity contribution >= 4 is 34.2 Å². The van der Waals surface area contributed by atoms with Crippen LogP contribution in [0.4, 0.5) is 14.6 Å². The van der Waals surface area contributed by atoms with E-state index in [9.17, 15) is 14.3 Å². The number of aromatic nitrogens is 5. The molecule has 0 amide bonds. The summed E-state index contributed by atoms with van der Waals surface area (Å²) in [5, 5.41) is 22.2. The average molecular weight is 483 g/mol. The Hall–Kier alpha value is -3.47. The van der Waals surface area contributed by atoms with Gasteiger partial charge in [0.25, 0.3) is 0 Å². The van der Waals surface area contributed by atoms with Crippen LogP contribution in [0.25, 0.3) is 33.1 Å². The van der Waals surface area contributed by atoms with Gasteiger partial charge in [-0.2, -0.15) is 5.10 Å². The van der Waals surface area contributed by atoms with E-state index in [1.807, 2.05) is 5.38 Å². The first kappa shape index (κ1) is 21.1. The predicted octanol–water partition coefficient (Wildman–Crippen LogP) is 4.72. The fourth-order valence-electron chi connectivity index (χ4n) is 5.44. The molecule has 11 heteroatoms. The van der Waals surface area contributed by atoms with Gasteiger partial charge in [0.2, 0.25) is 0 Å². The van der Waals surface area contributed by atoms with Gasteiger partial charge in [-0.1, -0.05) is 6.07 Å². The number of halogens is 2. The number of hydrogen-bond acceptors (Lipinski definition) is 7. The molecule has 0 radical (unpaired) electrons. The summed E-state index contributed by atoms with van der Waals surface area (Å²) in [6.07, 6.45) is 4.62. The Morgan fingerprint density at radius 1 is 1.15 bits per heavy atom. The largest absolute Gasteiger partial charge is 0.481 e. The van der Waals surface area contributed by atoms with Crippen molar-refractivity contribution < 1.29 is 18.7 Å². The van der Waals surface area contributed by atoms with Crippen molar-refractivity contribution in [2.75, 3.05) is 5.32 Å². The number of anilines is 1. The second-order valence-corrected chi connectivity index (χ2v) is 9.81. The zero-order valence-electron chi connectivity index (χ0n) is 17.8. The summed E-state index contributed by atoms with van der Waals surface area (Å²) in [6.45, 7) is 0. The van der Waals surface area contributed by atoms with Crippen LogP contribution in [0.2, 0.25) is 0 Å². The van der Waals surface area contributed by atoms with Crippen LogP contribution in [0, 0.1) is 29.4 Å². The van der Waals surface area contributed by atoms with Crippen LogP contribution >= 0.6 is 11.3 Å². The summed E-state index contributed by atoms with van der Waals surface area (Å²) in [4.78, 5) is 25.5. The van der Waals surface area contributed by atoms with E-state index in [0.717, 1.165) is 31.9 Å². The number of carboxylic acid groups (broad SMARTS) is 1. The van der Waals surface area contributed by atoms with Crippen molar-refractivity contribution in [2.45, 2.75) is 31.7 Å². The highest BCUT2D eigenvalue weighted by Gasteiger charge is 2.47. The highest BCUT2D eigenvalue weighted by atomic mass is 32.1. The van der Waals surface area contributed by atoms with E-state index in [2.05, 4.69) is 30.5 Å². The number of fused-ring (bicyclic) bond motifs is 4. The van der Waals surface area contributed by atoms with E-state index in [0.29, 0.717) is 15.9 Å². The molecule has 4 aromatic heterocycles. The van der Waals surface area contributed by atoms with Crippen LogP contribution in [0.5, 0.6) is 0 Å². The summed E-state index contributed by atoms with van der Waals surface area (Å²) in [5.74, 6) is -2.47. The number of hydrogen-bond donors (Lipinski definition) is 3. The molecule has 0 spiro atoms. The monoisotopic (exact) mass is 482 g/mol. The Balaban J connectivity index is 1.49. The molecule has 7 rings (SSSR count). The van der Waals surface area contributed by atoms with Crippen LogP contribution in [-0.2, 0) is 4.79 Å². The van der Waals surface area contributed by atoms with E-state index in [1.165, 1.54) is 17.4 Å². The normalized spacial score (nSPS) is 23.9. The van der Waals surface area contributed by atoms with Gasteiger partial charge in [0.15, 0.2) is 23.1 Å². The molecule has 3 aliphatic carbocycles. The van der Waals surface area contributed by atoms with E-state index in [1.54, 1.807) is 12.1 Å². The Morgan fingerprint density at radius 3 is 2.68 bits per heavy atom. The molecule has 34 heavy (non-hydrogen) atoms. The van der Waals surface area contributed by atoms with Gasteiger partial charge in [0.1, 0.15) is 17.2 Å². The maximum atomic E-state index is 15.7. The summed E-state index contributed by atoms with van der Waals surface area (Å²) >= 11 is 1.32. The van der Waals surface area contributed by atoms with Crippen LogP contribution < -0.4 is 5.32 Å². The highest BCUT2D eigenvalue weighted by molar-refractivity contribution is 7.13. The topological polar surface area (TPSA) is 117 Å². The predicted molar refractivity (Wildman–Crippen MR) is 122 cm³/mol. The number of nitrogens with one attached hydrogen (secondary N) is 2. The molecule has 2 bridgehead atoms. The van der Waals surface area contributed by atoms with Crippen LogP contribution in [0.15, 0.2) is 29.8 Å². The Morgan fingerprint density at radius 2 is 1.94 bits per heavy atom. The average Bonchev–Trinajstić information content (AvgIpc) is 3.51. The van der Waals surface area contributed by atoms with E-state index in [-0.39, 0.29) is 34.9 Å². The minimum atomic E-state index is -0.875. The number of H-pyrrole nitrogens is 1. The van der Waals surface area contributed by atoms with Crippen molar-refractivity contribution in [1.29, 1.82) is 0 Å². The summed E-state index contributed by atoms with van der Waals surface area (Å²) < 4.78 is 29.6. The van der Waals surface area contributed by atoms with Crippen LogP contribution in [-0.4, -0.2) is 42.3 Å². The van der Waals surface area contributed by atoms with E-state index in [4.69, 9.17) is 0 Å². The summed E-state index contributed by atoms with van der Waals surface area (Å²) in [5.41, 5.74) is 0.672. The van der Waals surface area contributed by atoms with Gasteiger partial charge < -0.3 is 10.4 Å². The minimum Gasteiger partial charge on any atom is -0.481 e. The number of carboxylic acids is 1. The number of rotatable bonds is 5. The van der Waals surface area contributed by atoms with Crippen molar-refractivity contribution in [3.8, 4) is 22.1 Å². The van der Waals surface area contributed by atoms with Crippen molar-refractivity contribution in [1.82, 2.24) is 25.1 Å². The molecule has 0 saturated heterocycles. The molecule has 0 unspecified atom stereocenters. The van der Waals surface area contributed by atoms with Gasteiger partial charge in [-0.25, -0.2) is 23.7 Å². The molecule has 3 saturated carbocycles. The first-order chi connectivity index (χ1) is 16.5. The minimum absolute atomic E-state index is 0.0606. The van der Waals surface area contributed by atoms with Gasteiger partial charge in [-0.3, -0.25) is 9.89 Å². The molecule has 3 N–H and O–H groups in total. The molecule has 3 aliphatic rings. The zero-order valence-corrected chi connectivity index (χ0v) is 18.6. The first-order valence-corrected chi connectivity index (χ1v) is 12.0. The highest BCUT2D eigenvalue weighted by Crippen LogP contribution is 2.46. The lowest BCUT2D eigenvalue weighted by Crippen LogP contribution is -2.51. The van der Waals surface area contributed by atoms with E-state index >= 15 is 4.39 Å². The molecule has 0 aromatic carbocycles. The Kier molecular flexibility index (Phi) is 5.01. The molecule has 3 fully saturated rings. The lowest BCUT2D eigenvalue weighted by atomic mass is 9.61. The molecule has 8 nitrogen and oxygen atoms in total. The molecular weight excluding hydrogens is 462 g/mol. The number of aromatic amines is 1. The second kappa shape index (κ2) is 8.08. The van der Waals surface area contributed by atoms with Crippen molar-refractivity contribution in [3.63, 3.8) is 0 Å². The molecule has 0 aliphatic heterocycles. The Labute approximate surface area is 196 Å². The van der Waals surface area contributed by atoms with Gasteiger partial charge in [-0.05, 0) is 55.0 Å². The third-order valence-corrected chi connectivity index (χ3v) is 7.88. The number of carbonyl (C=O) groups is 1. The van der Waals surface area contributed by atoms with E-state index < -0.39 is 29.6 Å². The summed E-state index contributed by atoms with van der Waals surface area (Å²) in [7, 11) is 0. The number of nitrogens with zero attached hydrogens (tertiary/aromatic N) is 4. The first-order valence-electron chi connectivity index (χ1n) is 11.1. The maximum absolute atomic E-state index is 15.7. The van der Waals surface area contributed by atoms with Gasteiger partial charge >= 0.3 is 5.97 Å². The van der Waals surface area contributed by atoms with Gasteiger partial charge in [0.05, 0.1) is 22.4 Å². The molecular formula is C23H20F2N6O2S. The lowest BCUT2D eigenvalue weighted by Gasteiger charge is -2.47. The standard InChI is InChI=1S/C23H20F2N6O2S/c24-12-8-13-18(30-31-20(13)26-9-12)22-28-19(14-2-1-7-34-14)16(25)21(29-22)27-17-11-5-3-10(4-6-11)15(17)23(32)33/h1-2,7-11,15,17H,3-6H2,(H,32,33)(H,26,30,31)(H,27,28,29)/t10?,11?,15-,17-/m0/s1. The fourth-order valence-corrected chi connectivity index (χ4v) is 6.15. The third-order valence-electron chi connectivity index (χ3n) is 7.01. The van der Waals surface area contributed by atoms with Gasteiger partial charge in [-0.15, -0.1) is 11.3 Å². The number of pyridine rings is 1. The van der Waals surface area contributed by atoms with Crippen LogP contribution in [0.1, 0.15) is 25.7 Å². The summed E-state index contributed by atoms with van der Waals surface area (Å²) in [6, 6.07) is 4.37. The molecule has 4 heterocycles. The quantitative estimate of drug-likeness (QED) is 0.377. The third kappa shape index (κ3) is 3.42. The number of aliphatic carboxylic acids is 1. The SMILES string of the molecule is O=C(O)[C@H]1C2CCC(CC2)[C@@H]1Nc1nc(-c2n[nH]c3ncc(F)cc23)nc(-c2cccs2)c1F.